The van der Waals surface area contributed by atoms with E-state index in [9.17, 15) is 9.59 Å². The van der Waals surface area contributed by atoms with E-state index in [2.05, 4.69) is 125 Å². The summed E-state index contributed by atoms with van der Waals surface area (Å²) in [6.07, 6.45) is 13.4. The molecule has 0 bridgehead atoms. The average Bonchev–Trinajstić information content (AvgIpc) is 1.63. The Labute approximate surface area is 563 Å². The maximum Gasteiger partial charge on any atom is 1.00 e. The van der Waals surface area contributed by atoms with Crippen LogP contribution in [0.15, 0.2) is 144 Å². The number of amides is 2. The molecule has 43 nitrogen and oxygen atoms in total. The first kappa shape index (κ1) is 74.0. The second-order valence-corrected chi connectivity index (χ2v) is 18.4. The maximum absolute atomic E-state index is 11.2. The Morgan fingerprint density at radius 1 is 0.688 bits per heavy atom. The molecule has 7 N–H and O–H groups in total. The van der Waals surface area contributed by atoms with Crippen molar-refractivity contribution in [2.45, 2.75) is 27.7 Å². The molecule has 10 heterocycles. The normalized spacial score (nSPS) is 10.2. The molecule has 12 rings (SSSR count). The number of H-pyrrole nitrogens is 2. The maximum atomic E-state index is 11.2. The number of nitrogens with two attached hydrogens (primary N) is 1. The van der Waals surface area contributed by atoms with Crippen LogP contribution in [-0.2, 0) is 28.1 Å². The molecule has 0 aliphatic rings. The fourth-order valence-corrected chi connectivity index (χ4v) is 7.19. The Morgan fingerprint density at radius 2 is 1.11 bits per heavy atom. The third-order valence-corrected chi connectivity index (χ3v) is 11.2. The van der Waals surface area contributed by atoms with E-state index in [1.54, 1.807) is 59.7 Å². The van der Waals surface area contributed by atoms with Gasteiger partial charge < -0.3 is 41.5 Å². The number of rotatable bonds is 11. The Kier molecular flexibility index (Phi) is 28.5. The molecule has 0 saturated heterocycles. The number of nitrogen functional groups attached to an aromatic ring is 1. The molecule has 2 amide bonds. The SMILES string of the molecule is CC(=O)Nc1ccc(-c2nc3cc(C)[nH]n3n2)cc1.O=N[O-].O=[P+]([O-])OO.O=[P+]([O-])O[O-].[C-]#[N+]c1cnn(-c2ncccn2)c1N.[C-]#[N+]c1cnn(-c2ncccn2)c1N=Nc1c(C)[nH]n2nc(-c3ccc(NC(C)=O)cc3)nc12.[C-]#[N+]c1cnn(-c2ncccn2)c1[N+]#N.[HH].[HH].[Na+]. The van der Waals surface area contributed by atoms with Gasteiger partial charge in [0.25, 0.3) is 17.6 Å². The van der Waals surface area contributed by atoms with Gasteiger partial charge >= 0.3 is 63.5 Å². The van der Waals surface area contributed by atoms with Gasteiger partial charge in [-0.3, -0.25) is 19.8 Å². The van der Waals surface area contributed by atoms with Crippen LogP contribution in [0.4, 0.5) is 51.6 Å². The minimum atomic E-state index is -3.15. The fourth-order valence-electron chi connectivity index (χ4n) is 7.19. The number of nitrogens with zero attached hydrogens (tertiary/aromatic N) is 26. The van der Waals surface area contributed by atoms with E-state index in [0.29, 0.717) is 46.0 Å². The average molecular weight is 1360 g/mol. The van der Waals surface area contributed by atoms with Gasteiger partial charge in [-0.15, -0.1) is 25.8 Å². The van der Waals surface area contributed by atoms with Gasteiger partial charge in [-0.25, -0.2) is 54.4 Å². The van der Waals surface area contributed by atoms with Crippen LogP contribution >= 0.6 is 16.5 Å². The van der Waals surface area contributed by atoms with Crippen molar-refractivity contribution < 1.29 is 80.8 Å². The molecule has 96 heavy (non-hydrogen) atoms. The number of diazo groups is 1. The van der Waals surface area contributed by atoms with Gasteiger partial charge in [-0.1, -0.05) is 9.78 Å². The monoisotopic (exact) mass is 1360 g/mol. The van der Waals surface area contributed by atoms with Crippen LogP contribution in [0.5, 0.6) is 0 Å². The van der Waals surface area contributed by atoms with Crippen molar-refractivity contribution in [1.29, 1.82) is 5.39 Å². The van der Waals surface area contributed by atoms with Gasteiger partial charge in [0.2, 0.25) is 23.1 Å². The number of aromatic amines is 2. The number of fused-ring (bicyclic) bond motifs is 2. The van der Waals surface area contributed by atoms with Crippen LogP contribution in [0.25, 0.3) is 71.4 Å². The third-order valence-electron chi connectivity index (χ3n) is 10.9. The second-order valence-electron chi connectivity index (χ2n) is 17.2. The van der Waals surface area contributed by atoms with E-state index < -0.39 is 16.5 Å². The molecule has 10 aromatic heterocycles. The van der Waals surface area contributed by atoms with Crippen LogP contribution in [0, 0.1) is 49.1 Å². The van der Waals surface area contributed by atoms with Crippen molar-refractivity contribution >= 4 is 91.2 Å². The van der Waals surface area contributed by atoms with Gasteiger partial charge in [0, 0.05) is 97.8 Å². The molecule has 0 fully saturated rings. The minimum Gasteiger partial charge on any atom is -0.674 e. The first-order valence-electron chi connectivity index (χ1n) is 25.5. The first-order valence-corrected chi connectivity index (χ1v) is 27.7. The van der Waals surface area contributed by atoms with Crippen molar-refractivity contribution in [3.8, 4) is 40.6 Å². The Balaban J connectivity index is 0.000000334. The number of aromatic nitrogens is 20. The predicted octanol–water partition coefficient (Wildman–Crippen LogP) is 3.95. The zero-order chi connectivity index (χ0) is 69.0. The number of nitrogens with one attached hydrogen (secondary N) is 4. The van der Waals surface area contributed by atoms with Gasteiger partial charge in [-0.2, -0.15) is 38.8 Å². The van der Waals surface area contributed by atoms with Gasteiger partial charge in [0.05, 0.1) is 49.4 Å². The van der Waals surface area contributed by atoms with Crippen molar-refractivity contribution in [3.05, 3.63) is 189 Å². The Bertz CT molecular complexity index is 4770. The summed E-state index contributed by atoms with van der Waals surface area (Å²) in [5.74, 6) is 2.26. The van der Waals surface area contributed by atoms with Crippen LogP contribution < -0.4 is 61.0 Å². The molecular weight excluding hydrogens is 1310 g/mol. The van der Waals surface area contributed by atoms with E-state index in [-0.39, 0.29) is 84.9 Å². The summed E-state index contributed by atoms with van der Waals surface area (Å²) in [5.41, 5.74) is 12.9. The molecule has 482 valence electrons. The topological polar surface area (TPSA) is 567 Å². The number of anilines is 3. The zero-order valence-electron chi connectivity index (χ0n) is 49.7. The predicted molar refractivity (Wildman–Crippen MR) is 327 cm³/mol. The summed E-state index contributed by atoms with van der Waals surface area (Å²) >= 11 is 0. The molecule has 0 radical (unpaired) electrons. The van der Waals surface area contributed by atoms with Crippen LogP contribution in [0.3, 0.4) is 0 Å². The number of hydrogen-bond donors (Lipinski definition) is 6. The van der Waals surface area contributed by atoms with Crippen LogP contribution in [0.1, 0.15) is 28.1 Å². The minimum absolute atomic E-state index is 0. The molecule has 0 spiro atoms. The second kappa shape index (κ2) is 36.9. The largest absolute Gasteiger partial charge is 1.00 e. The van der Waals surface area contributed by atoms with Crippen LogP contribution in [0.2, 0.25) is 0 Å². The summed E-state index contributed by atoms with van der Waals surface area (Å²) in [6.45, 7) is 27.8. The van der Waals surface area contributed by atoms with Gasteiger partial charge in [-0.05, 0) is 89.7 Å². The third kappa shape index (κ3) is 20.6. The fraction of sp³-hybridized carbons (Fsp3) is 0.0800. The molecule has 46 heteroatoms. The quantitative estimate of drug-likeness (QED) is 0.0156. The summed E-state index contributed by atoms with van der Waals surface area (Å²) < 4.78 is 30.0. The molecule has 2 aromatic carbocycles. The van der Waals surface area contributed by atoms with Crippen molar-refractivity contribution in [3.63, 3.8) is 0 Å². The van der Waals surface area contributed by atoms with Gasteiger partial charge in [0.15, 0.2) is 28.8 Å². The van der Waals surface area contributed by atoms with E-state index in [1.807, 2.05) is 56.3 Å². The van der Waals surface area contributed by atoms with E-state index >= 15 is 0 Å². The smallest absolute Gasteiger partial charge is 0.674 e. The number of azo groups is 1. The number of benzene rings is 2. The molecule has 0 saturated carbocycles. The number of aryl methyl sites for hydroxylation is 2. The van der Waals surface area contributed by atoms with E-state index in [1.165, 1.54) is 63.5 Å². The Hall–Kier alpha value is -12.7. The number of hydrogen-bond acceptors (Lipinski definition) is 30. The molecular formula is C50H44N31NaO12P2. The summed E-state index contributed by atoms with van der Waals surface area (Å²) in [6, 6.07) is 21.6. The van der Waals surface area contributed by atoms with Crippen molar-refractivity contribution in [2.24, 2.45) is 15.6 Å². The Morgan fingerprint density at radius 3 is 1.55 bits per heavy atom. The molecule has 0 aliphatic heterocycles. The van der Waals surface area contributed by atoms with Crippen LogP contribution in [-0.4, -0.2) is 116 Å². The summed E-state index contributed by atoms with van der Waals surface area (Å²) in [5, 5.41) is 74.3. The molecule has 2 atom stereocenters. The summed E-state index contributed by atoms with van der Waals surface area (Å²) in [7, 11) is -6.20. The molecule has 12 aromatic rings. The summed E-state index contributed by atoms with van der Waals surface area (Å²) in [4.78, 5) is 93.9. The van der Waals surface area contributed by atoms with Crippen molar-refractivity contribution in [2.75, 3.05) is 16.4 Å². The first-order chi connectivity index (χ1) is 45.8. The zero-order valence-corrected chi connectivity index (χ0v) is 53.5. The molecule has 0 aliphatic carbocycles. The molecule has 2 unspecified atom stereocenters. The standard InChI is InChI=1S/C21H16N12O.C13H13N5O.C8H4N7.C8H6N6.HNO2.Na.2HO4P.2H2/c1-12-17(28-29-19-16(22-3)11-25-32(19)21-23-9-4-10-24-21)20-27-18(31-33(20)30-12)14-5-7-15(8-6-14)26-13(2)34;1-8-7-12-15-13(17-18(12)16-8)10-3-5-11(6-4-10)14-9(2)19;1-10-6-5-13-15(7(6)14-9)8-11-3-2-4-12-8;1-10-6-5-13-14(7(6)9)8-11-3-2-4-12-8;2-1-3;;2*1-4-5(2)3;;/h4-11,30H,1-2H3,(H,26,34);3-7,16H,1-2H3,(H,14,19);2-5H;2-5H,9H2;(H,2,3);;2*1H;2*1H/q;;+1;;;+1;;;;/p-2. The van der Waals surface area contributed by atoms with Crippen molar-refractivity contribution in [1.82, 2.24) is 98.9 Å². The van der Waals surface area contributed by atoms with E-state index in [4.69, 9.17) is 70.4 Å². The number of carbonyl (C=O) groups excluding carboxylic acids is 2. The van der Waals surface area contributed by atoms with Gasteiger partial charge in [0.1, 0.15) is 5.82 Å². The van der Waals surface area contributed by atoms with E-state index in [0.717, 1.165) is 33.5 Å². The number of carbonyl (C=O) groups is 2.